The largest absolute Gasteiger partial charge is 0.314 e. The Balaban J connectivity index is 1.56. The summed E-state index contributed by atoms with van der Waals surface area (Å²) in [6.07, 6.45) is 16.4. The molecule has 122 valence electrons. The first-order valence-electron chi connectivity index (χ1n) is 10.0. The van der Waals surface area contributed by atoms with Crippen LogP contribution in [0.4, 0.5) is 0 Å². The van der Waals surface area contributed by atoms with E-state index in [1.165, 1.54) is 57.9 Å². The molecule has 3 aliphatic rings. The van der Waals surface area contributed by atoms with Crippen molar-refractivity contribution in [3.05, 3.63) is 0 Å². The van der Waals surface area contributed by atoms with Crippen molar-refractivity contribution in [3.8, 4) is 0 Å². The smallest absolute Gasteiger partial charge is 0.00683 e. The van der Waals surface area contributed by atoms with E-state index in [9.17, 15) is 0 Å². The van der Waals surface area contributed by atoms with E-state index in [-0.39, 0.29) is 0 Å². The van der Waals surface area contributed by atoms with Gasteiger partial charge in [0.25, 0.3) is 0 Å². The maximum absolute atomic E-state index is 3.85. The van der Waals surface area contributed by atoms with Crippen LogP contribution in [-0.4, -0.2) is 12.6 Å². The molecule has 1 N–H and O–H groups in total. The Morgan fingerprint density at radius 3 is 2.05 bits per heavy atom. The van der Waals surface area contributed by atoms with Gasteiger partial charge in [-0.1, -0.05) is 46.0 Å². The molecule has 3 fully saturated rings. The van der Waals surface area contributed by atoms with Crippen molar-refractivity contribution in [2.75, 3.05) is 6.54 Å². The number of hydrogen-bond acceptors (Lipinski definition) is 1. The first kappa shape index (κ1) is 15.8. The van der Waals surface area contributed by atoms with Crippen molar-refractivity contribution in [2.24, 2.45) is 29.6 Å². The highest BCUT2D eigenvalue weighted by Crippen LogP contribution is 2.45. The molecule has 0 aromatic rings. The van der Waals surface area contributed by atoms with Crippen LogP contribution < -0.4 is 5.32 Å². The second kappa shape index (κ2) is 7.49. The summed E-state index contributed by atoms with van der Waals surface area (Å²) in [6.45, 7) is 6.14. The van der Waals surface area contributed by atoms with Gasteiger partial charge in [0.15, 0.2) is 0 Å². The molecule has 0 aliphatic heterocycles. The van der Waals surface area contributed by atoms with Crippen LogP contribution in [-0.2, 0) is 0 Å². The van der Waals surface area contributed by atoms with Crippen LogP contribution in [0.3, 0.4) is 0 Å². The molecular weight excluding hydrogens is 254 g/mol. The predicted octanol–water partition coefficient (Wildman–Crippen LogP) is 5.40. The van der Waals surface area contributed by atoms with Crippen molar-refractivity contribution < 1.29 is 0 Å². The van der Waals surface area contributed by atoms with Gasteiger partial charge in [-0.3, -0.25) is 0 Å². The molecule has 0 radical (unpaired) electrons. The van der Waals surface area contributed by atoms with Gasteiger partial charge in [-0.05, 0) is 74.7 Å². The highest BCUT2D eigenvalue weighted by atomic mass is 14.9. The molecule has 0 spiro atoms. The minimum Gasteiger partial charge on any atom is -0.314 e. The lowest BCUT2D eigenvalue weighted by Gasteiger charge is -2.43. The third-order valence-corrected chi connectivity index (χ3v) is 7.05. The van der Waals surface area contributed by atoms with Crippen LogP contribution in [0.1, 0.15) is 84.5 Å². The summed E-state index contributed by atoms with van der Waals surface area (Å²) in [5.41, 5.74) is 0. The second-order valence-corrected chi connectivity index (χ2v) is 8.38. The summed E-state index contributed by atoms with van der Waals surface area (Å²) in [7, 11) is 0. The molecule has 3 saturated carbocycles. The minimum atomic E-state index is 0.894. The molecule has 1 heteroatoms. The van der Waals surface area contributed by atoms with Gasteiger partial charge in [-0.25, -0.2) is 0 Å². The quantitative estimate of drug-likeness (QED) is 0.691. The molecule has 0 saturated heterocycles. The van der Waals surface area contributed by atoms with Gasteiger partial charge in [-0.2, -0.15) is 0 Å². The molecule has 0 aromatic carbocycles. The van der Waals surface area contributed by atoms with Gasteiger partial charge < -0.3 is 5.32 Å². The van der Waals surface area contributed by atoms with Crippen molar-refractivity contribution >= 4 is 0 Å². The summed E-state index contributed by atoms with van der Waals surface area (Å²) in [4.78, 5) is 0. The monoisotopic (exact) mass is 291 g/mol. The van der Waals surface area contributed by atoms with Crippen molar-refractivity contribution in [3.63, 3.8) is 0 Å². The summed E-state index contributed by atoms with van der Waals surface area (Å²) in [5, 5.41) is 3.85. The zero-order chi connectivity index (χ0) is 14.7. The fraction of sp³-hybridized carbons (Fsp3) is 1.00. The van der Waals surface area contributed by atoms with Gasteiger partial charge in [-0.15, -0.1) is 0 Å². The average molecular weight is 292 g/mol. The summed E-state index contributed by atoms with van der Waals surface area (Å²) >= 11 is 0. The fourth-order valence-electron chi connectivity index (χ4n) is 5.19. The topological polar surface area (TPSA) is 12.0 Å². The third-order valence-electron chi connectivity index (χ3n) is 7.05. The van der Waals surface area contributed by atoms with E-state index in [1.54, 1.807) is 19.3 Å². The Bertz CT molecular complexity index is 301. The molecule has 3 aliphatic carbocycles. The van der Waals surface area contributed by atoms with E-state index >= 15 is 0 Å². The van der Waals surface area contributed by atoms with Crippen molar-refractivity contribution in [1.82, 2.24) is 5.32 Å². The van der Waals surface area contributed by atoms with Gasteiger partial charge in [0.05, 0.1) is 0 Å². The first-order valence-corrected chi connectivity index (χ1v) is 10.0. The summed E-state index contributed by atoms with van der Waals surface area (Å²) < 4.78 is 0. The van der Waals surface area contributed by atoms with Crippen LogP contribution >= 0.6 is 0 Å². The number of nitrogens with one attached hydrogen (secondary N) is 1. The van der Waals surface area contributed by atoms with Crippen LogP contribution in [0.25, 0.3) is 0 Å². The van der Waals surface area contributed by atoms with Crippen LogP contribution in [0.2, 0.25) is 0 Å². The van der Waals surface area contributed by atoms with Gasteiger partial charge in [0.2, 0.25) is 0 Å². The molecule has 1 nitrogen and oxygen atoms in total. The molecule has 21 heavy (non-hydrogen) atoms. The lowest BCUT2D eigenvalue weighted by molar-refractivity contribution is 0.0819. The lowest BCUT2D eigenvalue weighted by Crippen LogP contribution is -2.38. The predicted molar refractivity (Wildman–Crippen MR) is 91.4 cm³/mol. The summed E-state index contributed by atoms with van der Waals surface area (Å²) in [5.74, 6) is 5.20. The SMILES string of the molecule is CCC1CCC(C2CC(CC)CCC2CNC2CC2)CC1. The maximum atomic E-state index is 3.85. The third kappa shape index (κ3) is 4.24. The van der Waals surface area contributed by atoms with Gasteiger partial charge in [0, 0.05) is 6.04 Å². The first-order chi connectivity index (χ1) is 10.3. The number of hydrogen-bond donors (Lipinski definition) is 1. The molecule has 0 aromatic heterocycles. The van der Waals surface area contributed by atoms with E-state index in [2.05, 4.69) is 19.2 Å². The maximum Gasteiger partial charge on any atom is 0.00683 e. The molecule has 3 unspecified atom stereocenters. The van der Waals surface area contributed by atoms with Gasteiger partial charge >= 0.3 is 0 Å². The molecule has 3 atom stereocenters. The molecule has 0 bridgehead atoms. The molecular formula is C20H37N. The minimum absolute atomic E-state index is 0.894. The molecule has 0 amide bonds. The van der Waals surface area contributed by atoms with E-state index in [4.69, 9.17) is 0 Å². The van der Waals surface area contributed by atoms with Crippen molar-refractivity contribution in [2.45, 2.75) is 90.5 Å². The standard InChI is InChI=1S/C20H37N/c1-3-15-5-8-17(9-6-15)20-13-16(4-2)7-10-18(20)14-21-19-11-12-19/h15-21H,3-14H2,1-2H3. The Labute approximate surface area is 132 Å². The highest BCUT2D eigenvalue weighted by Gasteiger charge is 2.37. The fourth-order valence-corrected chi connectivity index (χ4v) is 5.19. The van der Waals surface area contributed by atoms with Crippen molar-refractivity contribution in [1.29, 1.82) is 0 Å². The average Bonchev–Trinajstić information content (AvgIpc) is 3.37. The lowest BCUT2D eigenvalue weighted by atomic mass is 9.63. The normalized spacial score (nSPS) is 41.1. The van der Waals surface area contributed by atoms with Gasteiger partial charge in [0.1, 0.15) is 0 Å². The molecule has 0 heterocycles. The summed E-state index contributed by atoms with van der Waals surface area (Å²) in [6, 6.07) is 0.894. The van der Waals surface area contributed by atoms with E-state index in [0.717, 1.165) is 35.6 Å². The Morgan fingerprint density at radius 1 is 0.762 bits per heavy atom. The van der Waals surface area contributed by atoms with E-state index < -0.39 is 0 Å². The number of rotatable bonds is 6. The molecule has 3 rings (SSSR count). The Hall–Kier alpha value is -0.0400. The van der Waals surface area contributed by atoms with E-state index in [1.807, 2.05) is 0 Å². The Morgan fingerprint density at radius 2 is 1.43 bits per heavy atom. The zero-order valence-electron chi connectivity index (χ0n) is 14.4. The van der Waals surface area contributed by atoms with Crippen LogP contribution in [0.15, 0.2) is 0 Å². The Kier molecular flexibility index (Phi) is 5.65. The zero-order valence-corrected chi connectivity index (χ0v) is 14.4. The van der Waals surface area contributed by atoms with E-state index in [0.29, 0.717) is 0 Å². The highest BCUT2D eigenvalue weighted by molar-refractivity contribution is 4.90. The van der Waals surface area contributed by atoms with Crippen LogP contribution in [0, 0.1) is 29.6 Å². The van der Waals surface area contributed by atoms with Crippen LogP contribution in [0.5, 0.6) is 0 Å². The second-order valence-electron chi connectivity index (χ2n) is 8.38.